The van der Waals surface area contributed by atoms with Crippen molar-refractivity contribution >= 4 is 11.9 Å². The average molecular weight is 345 g/mol. The molecule has 2 atom stereocenters. The van der Waals surface area contributed by atoms with E-state index < -0.39 is 23.8 Å². The Morgan fingerprint density at radius 3 is 2.42 bits per heavy atom. The number of methoxy groups -OCH3 is 1. The van der Waals surface area contributed by atoms with Crippen LogP contribution in [0.3, 0.4) is 0 Å². The van der Waals surface area contributed by atoms with E-state index in [0.717, 1.165) is 12.1 Å². The highest BCUT2D eigenvalue weighted by Crippen LogP contribution is 2.29. The van der Waals surface area contributed by atoms with E-state index in [1.165, 1.54) is 24.1 Å². The summed E-state index contributed by atoms with van der Waals surface area (Å²) in [6.45, 7) is 0.286. The molecule has 1 fully saturated rings. The van der Waals surface area contributed by atoms with Crippen LogP contribution in [0.2, 0.25) is 0 Å². The van der Waals surface area contributed by atoms with E-state index in [1.54, 1.807) is 0 Å². The predicted molar refractivity (Wildman–Crippen MR) is 78.3 cm³/mol. The summed E-state index contributed by atoms with van der Waals surface area (Å²) in [5.74, 6) is -1.33. The van der Waals surface area contributed by atoms with Crippen LogP contribution in [0.15, 0.2) is 24.3 Å². The Hall–Kier alpha value is -2.09. The van der Waals surface area contributed by atoms with Gasteiger partial charge in [-0.2, -0.15) is 13.2 Å². The molecule has 8 heteroatoms. The lowest BCUT2D eigenvalue weighted by Gasteiger charge is -2.23. The van der Waals surface area contributed by atoms with Gasteiger partial charge in [-0.1, -0.05) is 12.1 Å². The van der Waals surface area contributed by atoms with Crippen LogP contribution in [0.5, 0.6) is 0 Å². The maximum Gasteiger partial charge on any atom is 0.416 e. The van der Waals surface area contributed by atoms with Crippen molar-refractivity contribution in [2.24, 2.45) is 0 Å². The summed E-state index contributed by atoms with van der Waals surface area (Å²) in [7, 11) is 1.49. The monoisotopic (exact) mass is 345 g/mol. The van der Waals surface area contributed by atoms with Crippen molar-refractivity contribution in [2.75, 3.05) is 13.7 Å². The Balaban J connectivity index is 2.06. The maximum atomic E-state index is 12.5. The van der Waals surface area contributed by atoms with Gasteiger partial charge in [-0.15, -0.1) is 0 Å². The van der Waals surface area contributed by atoms with E-state index in [1.807, 2.05) is 0 Å². The number of likely N-dealkylation sites (tertiary alicyclic amines) is 1. The number of carboxylic acids is 1. The summed E-state index contributed by atoms with van der Waals surface area (Å²) < 4.78 is 42.8. The molecule has 0 radical (unpaired) electrons. The molecule has 0 aliphatic carbocycles. The molecule has 1 heterocycles. The van der Waals surface area contributed by atoms with Gasteiger partial charge in [0.15, 0.2) is 0 Å². The number of amides is 1. The maximum absolute atomic E-state index is 12.5. The minimum absolute atomic E-state index is 0.0787. The Morgan fingerprint density at radius 1 is 1.29 bits per heavy atom. The van der Waals surface area contributed by atoms with E-state index in [9.17, 15) is 22.8 Å². The van der Waals surface area contributed by atoms with Gasteiger partial charge >= 0.3 is 12.1 Å². The van der Waals surface area contributed by atoms with Gasteiger partial charge in [-0.3, -0.25) is 9.59 Å². The molecule has 0 aromatic heterocycles. The molecule has 1 N–H and O–H groups in total. The number of hydrogen-bond acceptors (Lipinski definition) is 3. The number of hydrogen-bond donors (Lipinski definition) is 1. The summed E-state index contributed by atoms with van der Waals surface area (Å²) >= 11 is 0. The average Bonchev–Trinajstić information content (AvgIpc) is 2.89. The Kier molecular flexibility index (Phi) is 5.48. The first kappa shape index (κ1) is 18.3. The number of nitrogens with zero attached hydrogens (tertiary/aromatic N) is 1. The van der Waals surface area contributed by atoms with E-state index in [0.29, 0.717) is 12.0 Å². The molecule has 0 bridgehead atoms. The van der Waals surface area contributed by atoms with Gasteiger partial charge in [0, 0.05) is 19.7 Å². The van der Waals surface area contributed by atoms with Crippen LogP contribution in [0.1, 0.15) is 24.0 Å². The van der Waals surface area contributed by atoms with Crippen LogP contribution < -0.4 is 0 Å². The number of rotatable bonds is 5. The van der Waals surface area contributed by atoms with Gasteiger partial charge in [-0.25, -0.2) is 0 Å². The quantitative estimate of drug-likeness (QED) is 0.890. The highest BCUT2D eigenvalue weighted by molar-refractivity contribution is 5.80. The summed E-state index contributed by atoms with van der Waals surface area (Å²) in [4.78, 5) is 24.8. The second-order valence-electron chi connectivity index (χ2n) is 5.76. The predicted octanol–water partition coefficient (Wildman–Crippen LogP) is 2.34. The SMILES string of the molecule is COC1CC(CC(=O)O)N(C(=O)Cc2ccc(C(F)(F)F)cc2)C1. The van der Waals surface area contributed by atoms with E-state index in [-0.39, 0.29) is 31.4 Å². The van der Waals surface area contributed by atoms with E-state index in [2.05, 4.69) is 0 Å². The van der Waals surface area contributed by atoms with Gasteiger partial charge in [-0.05, 0) is 24.1 Å². The molecule has 1 saturated heterocycles. The number of carboxylic acid groups (broad SMARTS) is 1. The van der Waals surface area contributed by atoms with Crippen LogP contribution in [-0.2, 0) is 26.9 Å². The lowest BCUT2D eigenvalue weighted by atomic mass is 10.1. The van der Waals surface area contributed by atoms with Gasteiger partial charge in [0.25, 0.3) is 0 Å². The van der Waals surface area contributed by atoms with Gasteiger partial charge in [0.05, 0.1) is 24.5 Å². The fourth-order valence-corrected chi connectivity index (χ4v) is 2.83. The zero-order valence-corrected chi connectivity index (χ0v) is 13.0. The molecule has 132 valence electrons. The first-order chi connectivity index (χ1) is 11.2. The molecular formula is C16H18F3NO4. The summed E-state index contributed by atoms with van der Waals surface area (Å²) in [5.41, 5.74) is -0.328. The van der Waals surface area contributed by atoms with Crippen LogP contribution in [0.25, 0.3) is 0 Å². The molecule has 1 aromatic rings. The molecule has 1 aromatic carbocycles. The van der Waals surface area contributed by atoms with Crippen LogP contribution in [0.4, 0.5) is 13.2 Å². The van der Waals surface area contributed by atoms with Gasteiger partial charge < -0.3 is 14.7 Å². The number of benzene rings is 1. The van der Waals surface area contributed by atoms with Crippen molar-refractivity contribution < 1.29 is 32.6 Å². The summed E-state index contributed by atoms with van der Waals surface area (Å²) in [6.07, 6.45) is -4.48. The van der Waals surface area contributed by atoms with Crippen molar-refractivity contribution in [3.05, 3.63) is 35.4 Å². The minimum Gasteiger partial charge on any atom is -0.481 e. The fourth-order valence-electron chi connectivity index (χ4n) is 2.83. The summed E-state index contributed by atoms with van der Waals surface area (Å²) in [5, 5.41) is 8.94. The third-order valence-corrected chi connectivity index (χ3v) is 4.08. The Bertz CT molecular complexity index is 600. The molecule has 5 nitrogen and oxygen atoms in total. The summed E-state index contributed by atoms with van der Waals surface area (Å²) in [6, 6.07) is 3.92. The third-order valence-electron chi connectivity index (χ3n) is 4.08. The number of carbonyl (C=O) groups is 2. The lowest BCUT2D eigenvalue weighted by Crippen LogP contribution is -2.38. The highest BCUT2D eigenvalue weighted by Gasteiger charge is 2.36. The largest absolute Gasteiger partial charge is 0.481 e. The number of aliphatic carboxylic acids is 1. The zero-order chi connectivity index (χ0) is 17.9. The third kappa shape index (κ3) is 4.47. The van der Waals surface area contributed by atoms with Crippen molar-refractivity contribution in [3.8, 4) is 0 Å². The first-order valence-corrected chi connectivity index (χ1v) is 7.41. The number of carbonyl (C=O) groups excluding carboxylic acids is 1. The van der Waals surface area contributed by atoms with Gasteiger partial charge in [0.2, 0.25) is 5.91 Å². The molecule has 24 heavy (non-hydrogen) atoms. The van der Waals surface area contributed by atoms with Crippen molar-refractivity contribution in [1.82, 2.24) is 4.90 Å². The zero-order valence-electron chi connectivity index (χ0n) is 13.0. The number of ether oxygens (including phenoxy) is 1. The minimum atomic E-state index is -4.42. The van der Waals surface area contributed by atoms with Crippen LogP contribution >= 0.6 is 0 Å². The highest BCUT2D eigenvalue weighted by atomic mass is 19.4. The van der Waals surface area contributed by atoms with Crippen molar-refractivity contribution in [2.45, 2.75) is 37.6 Å². The van der Waals surface area contributed by atoms with Crippen molar-refractivity contribution in [1.29, 1.82) is 0 Å². The molecular weight excluding hydrogens is 327 g/mol. The first-order valence-electron chi connectivity index (χ1n) is 7.41. The van der Waals surface area contributed by atoms with Crippen molar-refractivity contribution in [3.63, 3.8) is 0 Å². The lowest BCUT2D eigenvalue weighted by molar-refractivity contribution is -0.140. The number of alkyl halides is 3. The Labute approximate surface area is 137 Å². The second kappa shape index (κ2) is 7.21. The van der Waals surface area contributed by atoms with E-state index in [4.69, 9.17) is 9.84 Å². The molecule has 1 aliphatic heterocycles. The topological polar surface area (TPSA) is 66.8 Å². The van der Waals surface area contributed by atoms with Gasteiger partial charge in [0.1, 0.15) is 0 Å². The normalized spacial score (nSPS) is 21.1. The molecule has 2 unspecified atom stereocenters. The number of halogens is 3. The molecule has 0 saturated carbocycles. The van der Waals surface area contributed by atoms with Crippen LogP contribution in [-0.4, -0.2) is 47.7 Å². The Morgan fingerprint density at radius 2 is 1.92 bits per heavy atom. The van der Waals surface area contributed by atoms with E-state index >= 15 is 0 Å². The van der Waals surface area contributed by atoms with Crippen LogP contribution in [0, 0.1) is 0 Å². The molecule has 0 spiro atoms. The fraction of sp³-hybridized carbons (Fsp3) is 0.500. The molecule has 1 aliphatic rings. The standard InChI is InChI=1S/C16H18F3NO4/c1-24-13-7-12(8-15(22)23)20(9-13)14(21)6-10-2-4-11(5-3-10)16(17,18)19/h2-5,12-13H,6-9H2,1H3,(H,22,23). The molecule has 1 amide bonds. The second-order valence-corrected chi connectivity index (χ2v) is 5.76. The molecule has 2 rings (SSSR count). The smallest absolute Gasteiger partial charge is 0.416 e.